The van der Waals surface area contributed by atoms with Gasteiger partial charge in [-0.05, 0) is 85.8 Å². The zero-order valence-corrected chi connectivity index (χ0v) is 25.0. The van der Waals surface area contributed by atoms with Crippen LogP contribution < -0.4 is 10.5 Å². The number of aromatic amines is 1. The molecule has 0 unspecified atom stereocenters. The van der Waals surface area contributed by atoms with E-state index in [-0.39, 0.29) is 26.4 Å². The fourth-order valence-electron chi connectivity index (χ4n) is 5.32. The number of piperidine rings is 1. The van der Waals surface area contributed by atoms with Crippen molar-refractivity contribution in [1.29, 1.82) is 0 Å². The normalized spacial score (nSPS) is 15.3. The van der Waals surface area contributed by atoms with E-state index < -0.39 is 25.8 Å². The molecule has 0 bridgehead atoms. The molecule has 1 saturated heterocycles. The van der Waals surface area contributed by atoms with Crippen LogP contribution in [0.15, 0.2) is 75.4 Å². The maximum atomic E-state index is 13.9. The fourth-order valence-corrected chi connectivity index (χ4v) is 7.80. The van der Waals surface area contributed by atoms with Crippen LogP contribution in [-0.4, -0.2) is 51.8 Å². The number of sulfonamides is 1. The van der Waals surface area contributed by atoms with Gasteiger partial charge in [-0.25, -0.2) is 22.0 Å². The van der Waals surface area contributed by atoms with E-state index in [9.17, 15) is 21.6 Å². The number of amides is 1. The van der Waals surface area contributed by atoms with Crippen LogP contribution in [0.3, 0.4) is 0 Å². The molecule has 1 aliphatic heterocycles. The number of primary sulfonamides is 1. The minimum atomic E-state index is -4.06. The van der Waals surface area contributed by atoms with Crippen LogP contribution >= 0.6 is 11.6 Å². The number of carbonyl (C=O) groups excluding carboxylic acids is 1. The second-order valence-corrected chi connectivity index (χ2v) is 14.4. The minimum absolute atomic E-state index is 0.0150. The van der Waals surface area contributed by atoms with E-state index in [1.54, 1.807) is 42.5 Å². The maximum Gasteiger partial charge on any atom is 0.269 e. The molecule has 12 heteroatoms. The van der Waals surface area contributed by atoms with Gasteiger partial charge < -0.3 is 10.3 Å². The summed E-state index contributed by atoms with van der Waals surface area (Å²) >= 11 is 6.23. The largest absolute Gasteiger partial charge is 0.349 e. The van der Waals surface area contributed by atoms with Crippen LogP contribution in [-0.2, 0) is 26.4 Å². The average molecular weight is 615 g/mol. The lowest BCUT2D eigenvalue weighted by Crippen LogP contribution is -2.44. The first kappa shape index (κ1) is 29.3. The van der Waals surface area contributed by atoms with Gasteiger partial charge >= 0.3 is 0 Å². The number of hydrogen-bond acceptors (Lipinski definition) is 6. The van der Waals surface area contributed by atoms with Gasteiger partial charge in [0.15, 0.2) is 0 Å². The predicted molar refractivity (Wildman–Crippen MR) is 158 cm³/mol. The third-order valence-corrected chi connectivity index (χ3v) is 10.3. The number of benzene rings is 3. The molecule has 9 nitrogen and oxygen atoms in total. The molecular weight excluding hydrogens is 584 g/mol. The lowest BCUT2D eigenvalue weighted by Gasteiger charge is -2.32. The van der Waals surface area contributed by atoms with Crippen molar-refractivity contribution >= 4 is 48.3 Å². The van der Waals surface area contributed by atoms with Gasteiger partial charge in [-0.1, -0.05) is 29.8 Å². The Bertz CT molecular complexity index is 1820. The van der Waals surface area contributed by atoms with Crippen LogP contribution in [0.4, 0.5) is 0 Å². The number of sulfone groups is 1. The first-order valence-electron chi connectivity index (χ1n) is 13.1. The summed E-state index contributed by atoms with van der Waals surface area (Å²) in [5.41, 5.74) is 3.06. The lowest BCUT2D eigenvalue weighted by atomic mass is 10.0. The molecule has 0 atom stereocenters. The van der Waals surface area contributed by atoms with Gasteiger partial charge in [0, 0.05) is 41.6 Å². The summed E-state index contributed by atoms with van der Waals surface area (Å²) in [5, 5.41) is 8.94. The molecule has 5 rings (SSSR count). The number of fused-ring (bicyclic) bond motifs is 1. The number of aryl methyl sites for hydroxylation is 2. The van der Waals surface area contributed by atoms with Crippen molar-refractivity contribution < 1.29 is 21.6 Å². The summed E-state index contributed by atoms with van der Waals surface area (Å²) < 4.78 is 50.9. The van der Waals surface area contributed by atoms with Crippen molar-refractivity contribution in [3.63, 3.8) is 0 Å². The maximum absolute atomic E-state index is 13.9. The molecule has 1 amide bonds. The van der Waals surface area contributed by atoms with E-state index in [1.807, 2.05) is 19.9 Å². The zero-order valence-electron chi connectivity index (χ0n) is 22.6. The van der Waals surface area contributed by atoms with Crippen molar-refractivity contribution in [2.45, 2.75) is 54.0 Å². The number of rotatable bonds is 7. The highest BCUT2D eigenvalue weighted by atomic mass is 35.5. The molecule has 0 aliphatic carbocycles. The summed E-state index contributed by atoms with van der Waals surface area (Å²) in [6, 6.07) is 16.3. The van der Waals surface area contributed by atoms with E-state index in [0.717, 1.165) is 16.7 Å². The van der Waals surface area contributed by atoms with E-state index >= 15 is 0 Å². The smallest absolute Gasteiger partial charge is 0.269 e. The second kappa shape index (κ2) is 11.2. The quantitative estimate of drug-likeness (QED) is 0.283. The van der Waals surface area contributed by atoms with Crippen LogP contribution in [0.25, 0.3) is 10.9 Å². The molecule has 2 heterocycles. The van der Waals surface area contributed by atoms with Crippen LogP contribution in [0, 0.1) is 13.8 Å². The number of nitrogens with one attached hydrogen (secondary N) is 2. The Hall–Kier alpha value is -3.22. The fraction of sp³-hybridized carbons (Fsp3) is 0.276. The Balaban J connectivity index is 1.34. The summed E-state index contributed by atoms with van der Waals surface area (Å²) in [5.74, 6) is -0.489. The topological polar surface area (TPSA) is 142 Å². The molecule has 1 fully saturated rings. The third kappa shape index (κ3) is 6.34. The number of halogens is 1. The molecule has 216 valence electrons. The zero-order chi connectivity index (χ0) is 29.5. The number of aromatic nitrogens is 1. The van der Waals surface area contributed by atoms with E-state index in [0.29, 0.717) is 48.4 Å². The van der Waals surface area contributed by atoms with Crippen LogP contribution in [0.2, 0.25) is 5.02 Å². The van der Waals surface area contributed by atoms with Gasteiger partial charge in [0.25, 0.3) is 5.91 Å². The van der Waals surface area contributed by atoms with Crippen molar-refractivity contribution in [3.05, 3.63) is 88.1 Å². The van der Waals surface area contributed by atoms with Crippen molar-refractivity contribution in [2.24, 2.45) is 5.14 Å². The number of H-pyrrole nitrogens is 1. The van der Waals surface area contributed by atoms with E-state index in [4.69, 9.17) is 16.7 Å². The first-order chi connectivity index (χ1) is 19.3. The predicted octanol–water partition coefficient (Wildman–Crippen LogP) is 4.31. The number of carbonyl (C=O) groups is 1. The molecule has 4 aromatic rings. The van der Waals surface area contributed by atoms with Gasteiger partial charge in [0.1, 0.15) is 10.6 Å². The monoisotopic (exact) mass is 614 g/mol. The second-order valence-electron chi connectivity index (χ2n) is 10.6. The van der Waals surface area contributed by atoms with Crippen molar-refractivity contribution in [1.82, 2.24) is 15.2 Å². The number of hydrogen-bond donors (Lipinski definition) is 3. The van der Waals surface area contributed by atoms with Gasteiger partial charge in [-0.3, -0.25) is 9.69 Å². The average Bonchev–Trinajstić information content (AvgIpc) is 3.29. The molecular formula is C29H31ClN4O5S2. The summed E-state index contributed by atoms with van der Waals surface area (Å²) in [6.07, 6.45) is 1.35. The van der Waals surface area contributed by atoms with Crippen LogP contribution in [0.5, 0.6) is 0 Å². The standard InChI is InChI=1S/C29H31ClN4O5S2/c1-18-13-19(2)15-24(14-18)40(36,37)28-25-16-21(30)5-8-26(25)33-27(28)29(35)32-22-9-11-34(12-10-22)17-20-3-6-23(7-4-20)41(31,38)39/h3-8,13-16,22,33H,9-12,17H2,1-2H3,(H,32,35)(H2,31,38,39). The van der Waals surface area contributed by atoms with Gasteiger partial charge in [0.2, 0.25) is 19.9 Å². The lowest BCUT2D eigenvalue weighted by molar-refractivity contribution is 0.0901. The summed E-state index contributed by atoms with van der Waals surface area (Å²) in [4.78, 5) is 18.9. The first-order valence-corrected chi connectivity index (χ1v) is 16.5. The Morgan fingerprint density at radius 3 is 2.20 bits per heavy atom. The Morgan fingerprint density at radius 1 is 0.951 bits per heavy atom. The Kier molecular flexibility index (Phi) is 8.01. The summed E-state index contributed by atoms with van der Waals surface area (Å²) in [7, 11) is -7.80. The molecule has 41 heavy (non-hydrogen) atoms. The highest BCUT2D eigenvalue weighted by Crippen LogP contribution is 2.34. The molecule has 1 aromatic heterocycles. The van der Waals surface area contributed by atoms with Crippen molar-refractivity contribution in [3.8, 4) is 0 Å². The molecule has 1 aliphatic rings. The SMILES string of the molecule is Cc1cc(C)cc(S(=O)(=O)c2c(C(=O)NC3CCN(Cc4ccc(S(N)(=O)=O)cc4)CC3)[nH]c3ccc(Cl)cc23)c1. The number of nitrogens with zero attached hydrogens (tertiary/aromatic N) is 1. The molecule has 3 aromatic carbocycles. The van der Waals surface area contributed by atoms with E-state index in [1.165, 1.54) is 12.1 Å². The summed E-state index contributed by atoms with van der Waals surface area (Å²) in [6.45, 7) is 5.71. The Labute approximate surface area is 244 Å². The number of likely N-dealkylation sites (tertiary alicyclic amines) is 1. The molecule has 0 spiro atoms. The Morgan fingerprint density at radius 2 is 1.59 bits per heavy atom. The molecule has 4 N–H and O–H groups in total. The molecule has 0 radical (unpaired) electrons. The van der Waals surface area contributed by atoms with Crippen molar-refractivity contribution in [2.75, 3.05) is 13.1 Å². The van der Waals surface area contributed by atoms with Crippen LogP contribution in [0.1, 0.15) is 40.0 Å². The van der Waals surface area contributed by atoms with Gasteiger partial charge in [0.05, 0.1) is 9.79 Å². The highest BCUT2D eigenvalue weighted by Gasteiger charge is 2.31. The van der Waals surface area contributed by atoms with Gasteiger partial charge in [-0.2, -0.15) is 0 Å². The van der Waals surface area contributed by atoms with Gasteiger partial charge in [-0.15, -0.1) is 0 Å². The van der Waals surface area contributed by atoms with E-state index in [2.05, 4.69) is 15.2 Å². The molecule has 0 saturated carbocycles. The third-order valence-electron chi connectivity index (χ3n) is 7.30. The minimum Gasteiger partial charge on any atom is -0.349 e. The number of nitrogens with two attached hydrogens (primary N) is 1. The highest BCUT2D eigenvalue weighted by molar-refractivity contribution is 7.91.